The van der Waals surface area contributed by atoms with Crippen LogP contribution in [-0.2, 0) is 4.79 Å². The molecule has 1 unspecified atom stereocenters. The molecule has 6 nitrogen and oxygen atoms in total. The number of carbonyl (C=O) groups is 1. The minimum absolute atomic E-state index is 0.0111. The number of hydrogen-bond acceptors (Lipinski definition) is 4. The minimum Gasteiger partial charge on any atom is -0.288 e. The Bertz CT molecular complexity index is 822. The molecule has 1 amide bonds. The number of rotatable bonds is 3. The topological polar surface area (TPSA) is 75.5 Å². The molecule has 24 heavy (non-hydrogen) atoms. The van der Waals surface area contributed by atoms with Gasteiger partial charge in [0.1, 0.15) is 0 Å². The van der Waals surface area contributed by atoms with Crippen LogP contribution in [0.3, 0.4) is 0 Å². The maximum absolute atomic E-state index is 13.6. The van der Waals surface area contributed by atoms with E-state index in [0.717, 1.165) is 5.01 Å². The number of nitrogens with one attached hydrogen (secondary N) is 1. The molecule has 0 aliphatic carbocycles. The summed E-state index contributed by atoms with van der Waals surface area (Å²) in [5.41, 5.74) is 1.96. The Morgan fingerprint density at radius 2 is 2.00 bits per heavy atom. The van der Waals surface area contributed by atoms with Crippen molar-refractivity contribution in [3.8, 4) is 0 Å². The first-order valence-electron chi connectivity index (χ1n) is 7.07. The molecule has 0 bridgehead atoms. The highest BCUT2D eigenvalue weighted by Crippen LogP contribution is 2.41. The van der Waals surface area contributed by atoms with Crippen molar-refractivity contribution < 1.29 is 22.9 Å². The number of halogens is 3. The lowest BCUT2D eigenvalue weighted by atomic mass is 9.97. The first-order chi connectivity index (χ1) is 11.3. The lowest BCUT2D eigenvalue weighted by Crippen LogP contribution is -2.43. The highest BCUT2D eigenvalue weighted by Gasteiger charge is 2.47. The highest BCUT2D eigenvalue weighted by atomic mass is 19.4. The van der Waals surface area contributed by atoms with Gasteiger partial charge >= 0.3 is 6.18 Å². The summed E-state index contributed by atoms with van der Waals surface area (Å²) in [5, 5.41) is 12.3. The van der Waals surface area contributed by atoms with Gasteiger partial charge in [0, 0.05) is 25.1 Å². The molecule has 0 spiro atoms. The first-order valence-corrected chi connectivity index (χ1v) is 7.07. The maximum atomic E-state index is 13.6. The molecular formula is C15H12F3N3O3. The van der Waals surface area contributed by atoms with Crippen molar-refractivity contribution in [2.24, 2.45) is 0 Å². The van der Waals surface area contributed by atoms with Crippen LogP contribution >= 0.6 is 0 Å². The number of hydrazine groups is 1. The zero-order valence-corrected chi connectivity index (χ0v) is 12.2. The van der Waals surface area contributed by atoms with Crippen molar-refractivity contribution in [2.45, 2.75) is 18.6 Å². The lowest BCUT2D eigenvalue weighted by molar-refractivity contribution is -0.384. The molecule has 126 valence electrons. The molecule has 2 aromatic carbocycles. The molecule has 3 rings (SSSR count). The molecule has 2 aromatic rings. The van der Waals surface area contributed by atoms with E-state index >= 15 is 0 Å². The number of fused-ring (bicyclic) bond motifs is 1. The van der Waals surface area contributed by atoms with Gasteiger partial charge in [0.2, 0.25) is 5.91 Å². The van der Waals surface area contributed by atoms with E-state index in [1.54, 1.807) is 0 Å². The Kier molecular flexibility index (Phi) is 3.88. The van der Waals surface area contributed by atoms with E-state index in [0.29, 0.717) is 5.39 Å². The Morgan fingerprint density at radius 1 is 1.25 bits per heavy atom. The summed E-state index contributed by atoms with van der Waals surface area (Å²) in [5.74, 6) is -0.472. The largest absolute Gasteiger partial charge is 0.409 e. The van der Waals surface area contributed by atoms with Crippen molar-refractivity contribution in [1.29, 1.82) is 0 Å². The van der Waals surface area contributed by atoms with Gasteiger partial charge in [-0.3, -0.25) is 20.3 Å². The number of nitrogens with zero attached hydrogens (tertiary/aromatic N) is 2. The van der Waals surface area contributed by atoms with E-state index in [9.17, 15) is 28.1 Å². The molecule has 1 atom stereocenters. The summed E-state index contributed by atoms with van der Waals surface area (Å²) in [4.78, 5) is 21.5. The van der Waals surface area contributed by atoms with Crippen molar-refractivity contribution in [2.75, 3.05) is 6.54 Å². The lowest BCUT2D eigenvalue weighted by Gasteiger charge is -2.30. The fourth-order valence-corrected chi connectivity index (χ4v) is 2.86. The summed E-state index contributed by atoms with van der Waals surface area (Å²) in [6, 6.07) is 5.93. The Hall–Kier alpha value is -2.68. The fourth-order valence-electron chi connectivity index (χ4n) is 2.86. The van der Waals surface area contributed by atoms with Gasteiger partial charge in [0.15, 0.2) is 6.04 Å². The summed E-state index contributed by atoms with van der Waals surface area (Å²) in [6.07, 6.45) is -4.63. The molecule has 0 aromatic heterocycles. The van der Waals surface area contributed by atoms with E-state index in [4.69, 9.17) is 0 Å². The van der Waals surface area contributed by atoms with Crippen LogP contribution in [0, 0.1) is 10.1 Å². The third kappa shape index (κ3) is 2.90. The Morgan fingerprint density at radius 3 is 2.58 bits per heavy atom. The predicted molar refractivity (Wildman–Crippen MR) is 78.9 cm³/mol. The number of carbonyl (C=O) groups excluding carboxylic acids is 1. The van der Waals surface area contributed by atoms with Crippen LogP contribution in [0.4, 0.5) is 18.9 Å². The second-order valence-electron chi connectivity index (χ2n) is 5.43. The zero-order valence-electron chi connectivity index (χ0n) is 12.2. The monoisotopic (exact) mass is 339 g/mol. The Labute approximate surface area is 134 Å². The molecule has 1 saturated heterocycles. The van der Waals surface area contributed by atoms with Crippen LogP contribution in [0.15, 0.2) is 36.4 Å². The average Bonchev–Trinajstić information content (AvgIpc) is 2.91. The smallest absolute Gasteiger partial charge is 0.288 e. The summed E-state index contributed by atoms with van der Waals surface area (Å²) in [7, 11) is 0. The van der Waals surface area contributed by atoms with E-state index in [1.807, 2.05) is 0 Å². The first kappa shape index (κ1) is 16.2. The molecule has 1 fully saturated rings. The molecule has 0 saturated carbocycles. The van der Waals surface area contributed by atoms with Crippen molar-refractivity contribution in [3.63, 3.8) is 0 Å². The van der Waals surface area contributed by atoms with E-state index in [1.165, 1.54) is 36.4 Å². The van der Waals surface area contributed by atoms with Gasteiger partial charge in [0.05, 0.1) is 4.92 Å². The van der Waals surface area contributed by atoms with E-state index in [-0.39, 0.29) is 29.6 Å². The molecule has 1 N–H and O–H groups in total. The number of hydrogen-bond donors (Lipinski definition) is 1. The van der Waals surface area contributed by atoms with Crippen molar-refractivity contribution in [3.05, 3.63) is 52.1 Å². The van der Waals surface area contributed by atoms with Crippen LogP contribution in [-0.4, -0.2) is 28.6 Å². The summed E-state index contributed by atoms with van der Waals surface area (Å²) < 4.78 is 40.9. The van der Waals surface area contributed by atoms with Crippen molar-refractivity contribution in [1.82, 2.24) is 10.4 Å². The van der Waals surface area contributed by atoms with Crippen LogP contribution in [0.25, 0.3) is 10.8 Å². The number of nitro benzene ring substituents is 1. The quantitative estimate of drug-likeness (QED) is 0.689. The molecule has 1 aliphatic rings. The standard InChI is InChI=1S/C15H12F3N3O3/c16-15(17,18)14(20-7-6-13(22)19-20)12-3-1-2-9-8-10(21(23)24)4-5-11(9)12/h1-5,8,14H,6-7H2,(H,19,22). The van der Waals surface area contributed by atoms with Gasteiger partial charge in [-0.15, -0.1) is 0 Å². The average molecular weight is 339 g/mol. The number of amides is 1. The third-order valence-corrected chi connectivity index (χ3v) is 3.87. The van der Waals surface area contributed by atoms with Crippen molar-refractivity contribution >= 4 is 22.4 Å². The number of non-ortho nitro benzene ring substituents is 1. The van der Waals surface area contributed by atoms with Gasteiger partial charge in [-0.25, -0.2) is 5.01 Å². The second kappa shape index (κ2) is 5.75. The van der Waals surface area contributed by atoms with E-state index < -0.39 is 23.0 Å². The predicted octanol–water partition coefficient (Wildman–Crippen LogP) is 3.09. The van der Waals surface area contributed by atoms with Crippen LogP contribution in [0.2, 0.25) is 0 Å². The number of alkyl halides is 3. The van der Waals surface area contributed by atoms with Crippen LogP contribution < -0.4 is 5.43 Å². The maximum Gasteiger partial charge on any atom is 0.409 e. The van der Waals surface area contributed by atoms with Gasteiger partial charge in [-0.1, -0.05) is 18.2 Å². The molecule has 1 heterocycles. The molecule has 9 heteroatoms. The fraction of sp³-hybridized carbons (Fsp3) is 0.267. The summed E-state index contributed by atoms with van der Waals surface area (Å²) in [6.45, 7) is -0.0631. The molecule has 0 radical (unpaired) electrons. The highest BCUT2D eigenvalue weighted by molar-refractivity contribution is 5.88. The minimum atomic E-state index is -4.62. The zero-order chi connectivity index (χ0) is 17.5. The van der Waals surface area contributed by atoms with Crippen LogP contribution in [0.5, 0.6) is 0 Å². The number of benzene rings is 2. The van der Waals surface area contributed by atoms with E-state index in [2.05, 4.69) is 5.43 Å². The normalized spacial score (nSPS) is 17.0. The molecule has 1 aliphatic heterocycles. The summed E-state index contributed by atoms with van der Waals surface area (Å²) >= 11 is 0. The van der Waals surface area contributed by atoms with Gasteiger partial charge in [0.25, 0.3) is 5.69 Å². The Balaban J connectivity index is 2.14. The van der Waals surface area contributed by atoms with Gasteiger partial charge < -0.3 is 0 Å². The van der Waals surface area contributed by atoms with Gasteiger partial charge in [-0.2, -0.15) is 13.2 Å². The SMILES string of the molecule is O=C1CCN(C(c2cccc3cc([N+](=O)[O-])ccc23)C(F)(F)F)N1. The number of nitro groups is 1. The van der Waals surface area contributed by atoms with Gasteiger partial charge in [-0.05, 0) is 22.4 Å². The molecular weight excluding hydrogens is 327 g/mol. The third-order valence-electron chi connectivity index (χ3n) is 3.87. The second-order valence-corrected chi connectivity index (χ2v) is 5.43. The van der Waals surface area contributed by atoms with Crippen LogP contribution in [0.1, 0.15) is 18.0 Å².